The molecule has 7 heteroatoms. The Labute approximate surface area is 133 Å². The molecule has 0 radical (unpaired) electrons. The predicted octanol–water partition coefficient (Wildman–Crippen LogP) is 1.28. The third kappa shape index (κ3) is 3.23. The van der Waals surface area contributed by atoms with Gasteiger partial charge in [0.25, 0.3) is 5.91 Å². The number of carbonyl (C=O) groups is 2. The molecule has 0 spiro atoms. The van der Waals surface area contributed by atoms with Crippen LogP contribution in [0.5, 0.6) is 0 Å². The first-order valence-electron chi connectivity index (χ1n) is 7.63. The van der Waals surface area contributed by atoms with E-state index >= 15 is 0 Å². The molecule has 1 aliphatic rings. The molecule has 2 N–H and O–H groups in total. The minimum Gasteiger partial charge on any atom is -0.478 e. The van der Waals surface area contributed by atoms with Crippen molar-refractivity contribution in [1.29, 1.82) is 0 Å². The van der Waals surface area contributed by atoms with Crippen molar-refractivity contribution in [1.82, 2.24) is 20.1 Å². The Bertz CT molecular complexity index is 736. The molecule has 23 heavy (non-hydrogen) atoms. The van der Waals surface area contributed by atoms with Crippen LogP contribution in [-0.4, -0.2) is 37.8 Å². The van der Waals surface area contributed by atoms with E-state index in [0.717, 1.165) is 30.9 Å². The van der Waals surface area contributed by atoms with Crippen LogP contribution in [0.3, 0.4) is 0 Å². The lowest BCUT2D eigenvalue weighted by atomic mass is 10.1. The second kappa shape index (κ2) is 6.20. The first-order valence-corrected chi connectivity index (χ1v) is 7.63. The van der Waals surface area contributed by atoms with E-state index in [2.05, 4.69) is 15.4 Å². The number of rotatable bonds is 4. The third-order valence-electron chi connectivity index (χ3n) is 3.95. The summed E-state index contributed by atoms with van der Waals surface area (Å²) < 4.78 is 1.86. The maximum absolute atomic E-state index is 12.3. The number of aromatic nitrogens is 3. The molecule has 2 heterocycles. The summed E-state index contributed by atoms with van der Waals surface area (Å²) >= 11 is 0. The van der Waals surface area contributed by atoms with E-state index in [0.29, 0.717) is 12.1 Å². The lowest BCUT2D eigenvalue weighted by molar-refractivity contribution is 0.0696. The largest absolute Gasteiger partial charge is 0.478 e. The summed E-state index contributed by atoms with van der Waals surface area (Å²) in [7, 11) is 0. The van der Waals surface area contributed by atoms with E-state index in [9.17, 15) is 9.59 Å². The van der Waals surface area contributed by atoms with Crippen molar-refractivity contribution in [2.75, 3.05) is 0 Å². The van der Waals surface area contributed by atoms with Crippen LogP contribution < -0.4 is 5.32 Å². The van der Waals surface area contributed by atoms with Gasteiger partial charge in [0.1, 0.15) is 5.82 Å². The lowest BCUT2D eigenvalue weighted by Crippen LogP contribution is -2.41. The van der Waals surface area contributed by atoms with E-state index in [1.807, 2.05) is 11.6 Å². The zero-order valence-corrected chi connectivity index (χ0v) is 12.8. The highest BCUT2D eigenvalue weighted by atomic mass is 16.4. The van der Waals surface area contributed by atoms with E-state index in [1.54, 1.807) is 0 Å². The van der Waals surface area contributed by atoms with Gasteiger partial charge in [-0.2, -0.15) is 5.10 Å². The van der Waals surface area contributed by atoms with E-state index in [4.69, 9.17) is 5.11 Å². The van der Waals surface area contributed by atoms with Gasteiger partial charge in [-0.3, -0.25) is 4.79 Å². The summed E-state index contributed by atoms with van der Waals surface area (Å²) in [6, 6.07) is 5.91. The second-order valence-corrected chi connectivity index (χ2v) is 5.57. The van der Waals surface area contributed by atoms with Crippen molar-refractivity contribution in [3.8, 4) is 0 Å². The Morgan fingerprint density at radius 1 is 1.30 bits per heavy atom. The van der Waals surface area contributed by atoms with Crippen LogP contribution in [0.4, 0.5) is 0 Å². The minimum absolute atomic E-state index is 0.000515. The summed E-state index contributed by atoms with van der Waals surface area (Å²) in [5.74, 6) is 0.593. The van der Waals surface area contributed by atoms with Gasteiger partial charge in [-0.05, 0) is 30.7 Å². The van der Waals surface area contributed by atoms with Crippen LogP contribution in [-0.2, 0) is 19.4 Å². The molecule has 0 aliphatic carbocycles. The van der Waals surface area contributed by atoms with Gasteiger partial charge in [0.15, 0.2) is 5.82 Å². The van der Waals surface area contributed by atoms with Crippen molar-refractivity contribution in [2.24, 2.45) is 0 Å². The van der Waals surface area contributed by atoms with Gasteiger partial charge in [0.05, 0.1) is 12.1 Å². The molecule has 1 atom stereocenters. The molecular weight excluding hydrogens is 296 g/mol. The quantitative estimate of drug-likeness (QED) is 0.886. The highest BCUT2D eigenvalue weighted by Crippen LogP contribution is 2.14. The smallest absolute Gasteiger partial charge is 0.335 e. The van der Waals surface area contributed by atoms with Gasteiger partial charge in [-0.15, -0.1) is 0 Å². The fraction of sp³-hybridized carbons (Fsp3) is 0.375. The average molecular weight is 314 g/mol. The Morgan fingerprint density at radius 2 is 2.00 bits per heavy atom. The fourth-order valence-electron chi connectivity index (χ4n) is 2.66. The van der Waals surface area contributed by atoms with Crippen LogP contribution in [0.25, 0.3) is 0 Å². The number of aryl methyl sites for hydroxylation is 2. The van der Waals surface area contributed by atoms with Crippen molar-refractivity contribution in [2.45, 2.75) is 38.8 Å². The fourth-order valence-corrected chi connectivity index (χ4v) is 2.66. The maximum Gasteiger partial charge on any atom is 0.335 e. The first kappa shape index (κ1) is 15.2. The second-order valence-electron chi connectivity index (χ2n) is 5.57. The number of fused-ring (bicyclic) bond motifs is 1. The van der Waals surface area contributed by atoms with Gasteiger partial charge in [-0.1, -0.05) is 6.92 Å². The zero-order chi connectivity index (χ0) is 16.4. The van der Waals surface area contributed by atoms with Crippen LogP contribution >= 0.6 is 0 Å². The normalized spacial score (nSPS) is 16.7. The van der Waals surface area contributed by atoms with Crippen LogP contribution in [0, 0.1) is 0 Å². The number of amides is 1. The van der Waals surface area contributed by atoms with Crippen LogP contribution in [0.1, 0.15) is 45.7 Å². The summed E-state index contributed by atoms with van der Waals surface area (Å²) in [5, 5.41) is 16.3. The van der Waals surface area contributed by atoms with Gasteiger partial charge in [0.2, 0.25) is 0 Å². The predicted molar refractivity (Wildman–Crippen MR) is 82.4 cm³/mol. The molecule has 1 unspecified atom stereocenters. The molecular formula is C16H18N4O3. The van der Waals surface area contributed by atoms with Crippen molar-refractivity contribution in [3.63, 3.8) is 0 Å². The Hall–Kier alpha value is -2.70. The number of nitrogens with one attached hydrogen (secondary N) is 1. The van der Waals surface area contributed by atoms with Crippen molar-refractivity contribution in [3.05, 3.63) is 47.0 Å². The van der Waals surface area contributed by atoms with E-state index in [-0.39, 0.29) is 17.5 Å². The lowest BCUT2D eigenvalue weighted by Gasteiger charge is -2.23. The number of hydrogen-bond donors (Lipinski definition) is 2. The van der Waals surface area contributed by atoms with Crippen molar-refractivity contribution < 1.29 is 14.7 Å². The molecule has 1 aromatic carbocycles. The summed E-state index contributed by atoms with van der Waals surface area (Å²) in [6.07, 6.45) is 2.41. The molecule has 120 valence electrons. The molecule has 3 rings (SSSR count). The molecule has 0 fully saturated rings. The summed E-state index contributed by atoms with van der Waals surface area (Å²) in [6.45, 7) is 2.63. The Morgan fingerprint density at radius 3 is 2.65 bits per heavy atom. The summed E-state index contributed by atoms with van der Waals surface area (Å²) in [5.41, 5.74) is 0.618. The number of aromatic carboxylic acids is 1. The third-order valence-corrected chi connectivity index (χ3v) is 3.95. The highest BCUT2D eigenvalue weighted by Gasteiger charge is 2.23. The number of hydrogen-bond acceptors (Lipinski definition) is 4. The molecule has 7 nitrogen and oxygen atoms in total. The SMILES string of the molecule is CCc1nc2n(n1)CC(NC(=O)c1ccc(C(=O)O)cc1)CC2. The molecule has 2 aromatic rings. The highest BCUT2D eigenvalue weighted by molar-refractivity contribution is 5.96. The topological polar surface area (TPSA) is 97.1 Å². The minimum atomic E-state index is -1.00. The maximum atomic E-state index is 12.3. The van der Waals surface area contributed by atoms with Gasteiger partial charge in [-0.25, -0.2) is 14.5 Å². The Balaban J connectivity index is 1.65. The first-order chi connectivity index (χ1) is 11.1. The Kier molecular flexibility index (Phi) is 4.10. The molecule has 1 aromatic heterocycles. The van der Waals surface area contributed by atoms with E-state index in [1.165, 1.54) is 24.3 Å². The number of carbonyl (C=O) groups excluding carboxylic acids is 1. The molecule has 1 amide bonds. The van der Waals surface area contributed by atoms with Crippen LogP contribution in [0.15, 0.2) is 24.3 Å². The van der Waals surface area contributed by atoms with Crippen molar-refractivity contribution >= 4 is 11.9 Å². The van der Waals surface area contributed by atoms with E-state index < -0.39 is 5.97 Å². The number of nitrogens with zero attached hydrogens (tertiary/aromatic N) is 3. The average Bonchev–Trinajstić information content (AvgIpc) is 2.97. The molecule has 1 aliphatic heterocycles. The monoisotopic (exact) mass is 314 g/mol. The summed E-state index contributed by atoms with van der Waals surface area (Å²) in [4.78, 5) is 27.5. The molecule has 0 bridgehead atoms. The van der Waals surface area contributed by atoms with Gasteiger partial charge in [0, 0.05) is 24.4 Å². The van der Waals surface area contributed by atoms with Crippen LogP contribution in [0.2, 0.25) is 0 Å². The van der Waals surface area contributed by atoms with Gasteiger partial charge >= 0.3 is 5.97 Å². The molecule has 0 saturated carbocycles. The number of benzene rings is 1. The van der Waals surface area contributed by atoms with Gasteiger partial charge < -0.3 is 10.4 Å². The standard InChI is InChI=1S/C16H18N4O3/c1-2-13-18-14-8-7-12(9-20(14)19-13)17-15(21)10-3-5-11(6-4-10)16(22)23/h3-6,12H,2,7-9H2,1H3,(H,17,21)(H,22,23). The number of carboxylic acids is 1. The zero-order valence-electron chi connectivity index (χ0n) is 12.8. The number of carboxylic acid groups (broad SMARTS) is 1. The molecule has 0 saturated heterocycles.